The number of thiazole rings is 1. The van der Waals surface area contributed by atoms with Gasteiger partial charge in [-0.3, -0.25) is 0 Å². The van der Waals surface area contributed by atoms with Crippen molar-refractivity contribution in [3.8, 4) is 0 Å². The number of nitrogens with zero attached hydrogens (tertiary/aromatic N) is 3. The molecule has 1 aliphatic heterocycles. The first-order valence-corrected chi connectivity index (χ1v) is 12.4. The van der Waals surface area contributed by atoms with Crippen LogP contribution in [0.4, 0.5) is 4.79 Å². The van der Waals surface area contributed by atoms with Gasteiger partial charge in [0.1, 0.15) is 0 Å². The zero-order valence-electron chi connectivity index (χ0n) is 18.2. The van der Waals surface area contributed by atoms with Crippen LogP contribution in [0.2, 0.25) is 0 Å². The summed E-state index contributed by atoms with van der Waals surface area (Å²) in [4.78, 5) is 19.1. The molecular weight excluding hydrogens is 420 g/mol. The number of carbonyl (C=O) groups is 1. The molecule has 7 nitrogen and oxygen atoms in total. The normalized spacial score (nSPS) is 16.0. The largest absolute Gasteiger partial charge is 0.332 e. The average Bonchev–Trinajstić information content (AvgIpc) is 3.17. The van der Waals surface area contributed by atoms with Crippen molar-refractivity contribution >= 4 is 27.4 Å². The summed E-state index contributed by atoms with van der Waals surface area (Å²) in [6, 6.07) is 5.26. The molecule has 30 heavy (non-hydrogen) atoms. The van der Waals surface area contributed by atoms with Crippen LogP contribution in [0.15, 0.2) is 28.5 Å². The number of carbonyl (C=O) groups excluding carboxylic acids is 1. The zero-order valence-corrected chi connectivity index (χ0v) is 19.9. The summed E-state index contributed by atoms with van der Waals surface area (Å²) in [5.41, 5.74) is 2.48. The Labute approximate surface area is 183 Å². The lowest BCUT2D eigenvalue weighted by Gasteiger charge is -2.34. The number of rotatable bonds is 4. The molecule has 3 rings (SSSR count). The van der Waals surface area contributed by atoms with Crippen LogP contribution in [0.25, 0.3) is 0 Å². The van der Waals surface area contributed by atoms with Crippen LogP contribution in [-0.2, 0) is 22.0 Å². The number of benzene rings is 1. The Hall–Kier alpha value is -1.97. The van der Waals surface area contributed by atoms with E-state index < -0.39 is 10.0 Å². The molecule has 0 radical (unpaired) electrons. The lowest BCUT2D eigenvalue weighted by molar-refractivity contribution is 0.172. The highest BCUT2D eigenvalue weighted by Crippen LogP contribution is 2.25. The molecule has 1 fully saturated rings. The molecule has 0 bridgehead atoms. The molecule has 0 atom stereocenters. The molecule has 1 aliphatic rings. The summed E-state index contributed by atoms with van der Waals surface area (Å²) in [6.07, 6.45) is 0. The van der Waals surface area contributed by atoms with Crippen LogP contribution >= 0.6 is 11.3 Å². The first-order chi connectivity index (χ1) is 14.0. The van der Waals surface area contributed by atoms with Gasteiger partial charge in [-0.15, -0.1) is 11.3 Å². The molecule has 2 amide bonds. The van der Waals surface area contributed by atoms with Crippen molar-refractivity contribution in [2.24, 2.45) is 0 Å². The molecule has 0 saturated carbocycles. The average molecular weight is 451 g/mol. The fourth-order valence-electron chi connectivity index (χ4n) is 3.27. The predicted octanol–water partition coefficient (Wildman–Crippen LogP) is 3.27. The maximum Gasteiger partial charge on any atom is 0.317 e. The van der Waals surface area contributed by atoms with Gasteiger partial charge in [-0.25, -0.2) is 18.2 Å². The summed E-state index contributed by atoms with van der Waals surface area (Å²) >= 11 is 1.60. The Morgan fingerprint density at radius 2 is 1.83 bits per heavy atom. The third-order valence-electron chi connectivity index (χ3n) is 5.10. The van der Waals surface area contributed by atoms with Gasteiger partial charge in [0, 0.05) is 37.0 Å². The van der Waals surface area contributed by atoms with Crippen LogP contribution in [0.5, 0.6) is 0 Å². The van der Waals surface area contributed by atoms with E-state index in [1.54, 1.807) is 29.2 Å². The molecule has 2 heterocycles. The van der Waals surface area contributed by atoms with Gasteiger partial charge in [0.25, 0.3) is 0 Å². The number of nitrogens with one attached hydrogen (secondary N) is 1. The van der Waals surface area contributed by atoms with Crippen molar-refractivity contribution in [1.29, 1.82) is 0 Å². The third-order valence-corrected chi connectivity index (χ3v) is 8.46. The highest BCUT2D eigenvalue weighted by atomic mass is 32.2. The molecule has 0 aliphatic carbocycles. The van der Waals surface area contributed by atoms with Crippen LogP contribution in [0, 0.1) is 13.8 Å². The maximum absolute atomic E-state index is 13.0. The molecule has 1 aromatic heterocycles. The Kier molecular flexibility index (Phi) is 6.54. The van der Waals surface area contributed by atoms with E-state index in [1.165, 1.54) is 4.31 Å². The Bertz CT molecular complexity index is 1020. The van der Waals surface area contributed by atoms with Crippen molar-refractivity contribution in [1.82, 2.24) is 19.5 Å². The van der Waals surface area contributed by atoms with Gasteiger partial charge in [-0.1, -0.05) is 32.9 Å². The first-order valence-electron chi connectivity index (χ1n) is 10.0. The van der Waals surface area contributed by atoms with E-state index in [2.05, 4.69) is 31.1 Å². The quantitative estimate of drug-likeness (QED) is 0.775. The smallest absolute Gasteiger partial charge is 0.317 e. The number of sulfonamides is 1. The number of amides is 2. The summed E-state index contributed by atoms with van der Waals surface area (Å²) in [5.74, 6) is 0. The van der Waals surface area contributed by atoms with Crippen LogP contribution in [0.3, 0.4) is 0 Å². The molecule has 164 valence electrons. The molecule has 2 aromatic rings. The van der Waals surface area contributed by atoms with E-state index in [9.17, 15) is 13.2 Å². The second-order valence-electron chi connectivity index (χ2n) is 8.71. The number of aromatic nitrogens is 1. The Balaban J connectivity index is 1.56. The molecule has 1 saturated heterocycles. The SMILES string of the molecule is Cc1ccc(C)c(S(=O)(=O)N2CCN(C(=O)NCc3csc(C(C)(C)C)n3)CC2)c1. The van der Waals surface area contributed by atoms with E-state index >= 15 is 0 Å². The lowest BCUT2D eigenvalue weighted by Crippen LogP contribution is -2.53. The monoisotopic (exact) mass is 450 g/mol. The van der Waals surface area contributed by atoms with Crippen LogP contribution in [-0.4, -0.2) is 54.8 Å². The third kappa shape index (κ3) is 5.01. The van der Waals surface area contributed by atoms with Crippen molar-refractivity contribution in [3.63, 3.8) is 0 Å². The van der Waals surface area contributed by atoms with E-state index in [-0.39, 0.29) is 24.5 Å². The van der Waals surface area contributed by atoms with Crippen molar-refractivity contribution in [2.75, 3.05) is 26.2 Å². The highest BCUT2D eigenvalue weighted by molar-refractivity contribution is 7.89. The van der Waals surface area contributed by atoms with Crippen molar-refractivity contribution in [2.45, 2.75) is 51.5 Å². The predicted molar refractivity (Wildman–Crippen MR) is 119 cm³/mol. The topological polar surface area (TPSA) is 82.6 Å². The van der Waals surface area contributed by atoms with E-state index in [1.807, 2.05) is 24.4 Å². The van der Waals surface area contributed by atoms with E-state index in [0.717, 1.165) is 21.8 Å². The van der Waals surface area contributed by atoms with Gasteiger partial charge in [0.15, 0.2) is 0 Å². The van der Waals surface area contributed by atoms with Crippen LogP contribution < -0.4 is 5.32 Å². The Morgan fingerprint density at radius 3 is 2.43 bits per heavy atom. The first kappa shape index (κ1) is 22.7. The number of aryl methyl sites for hydroxylation is 2. The standard InChI is InChI=1S/C21H30N4O3S2/c1-15-6-7-16(2)18(12-15)30(27,28)25-10-8-24(9-11-25)20(26)22-13-17-14-29-19(23-17)21(3,4)5/h6-7,12,14H,8-11,13H2,1-5H3,(H,22,26). The Morgan fingerprint density at radius 1 is 1.17 bits per heavy atom. The molecule has 0 unspecified atom stereocenters. The maximum atomic E-state index is 13.0. The second-order valence-corrected chi connectivity index (χ2v) is 11.5. The number of urea groups is 1. The van der Waals surface area contributed by atoms with Gasteiger partial charge in [-0.2, -0.15) is 4.31 Å². The second kappa shape index (κ2) is 8.64. The van der Waals surface area contributed by atoms with Gasteiger partial charge in [0.2, 0.25) is 10.0 Å². The van der Waals surface area contributed by atoms with Crippen LogP contribution in [0.1, 0.15) is 42.6 Å². The minimum atomic E-state index is -3.56. The molecular formula is C21H30N4O3S2. The zero-order chi connectivity index (χ0) is 22.1. The van der Waals surface area contributed by atoms with Gasteiger partial charge in [0.05, 0.1) is 22.1 Å². The molecule has 1 N–H and O–H groups in total. The summed E-state index contributed by atoms with van der Waals surface area (Å²) in [6.45, 7) is 11.7. The highest BCUT2D eigenvalue weighted by Gasteiger charge is 2.31. The van der Waals surface area contributed by atoms with Crippen molar-refractivity contribution in [3.05, 3.63) is 45.4 Å². The van der Waals surface area contributed by atoms with Gasteiger partial charge in [-0.05, 0) is 31.0 Å². The number of hydrogen-bond acceptors (Lipinski definition) is 5. The number of hydrogen-bond donors (Lipinski definition) is 1. The molecule has 9 heteroatoms. The fraction of sp³-hybridized carbons (Fsp3) is 0.524. The van der Waals surface area contributed by atoms with E-state index in [4.69, 9.17) is 0 Å². The lowest BCUT2D eigenvalue weighted by atomic mass is 9.98. The summed E-state index contributed by atoms with van der Waals surface area (Å²) < 4.78 is 27.5. The van der Waals surface area contributed by atoms with E-state index in [0.29, 0.717) is 24.5 Å². The van der Waals surface area contributed by atoms with Gasteiger partial charge < -0.3 is 10.2 Å². The molecule has 0 spiro atoms. The molecule has 1 aromatic carbocycles. The number of piperazine rings is 1. The van der Waals surface area contributed by atoms with Crippen molar-refractivity contribution < 1.29 is 13.2 Å². The fourth-order valence-corrected chi connectivity index (χ4v) is 5.91. The minimum Gasteiger partial charge on any atom is -0.332 e. The summed E-state index contributed by atoms with van der Waals surface area (Å²) in [7, 11) is -3.56. The minimum absolute atomic E-state index is 0.00953. The van der Waals surface area contributed by atoms with Gasteiger partial charge >= 0.3 is 6.03 Å². The summed E-state index contributed by atoms with van der Waals surface area (Å²) in [5, 5.41) is 5.91.